The van der Waals surface area contributed by atoms with Crippen LogP contribution in [-0.4, -0.2) is 24.5 Å². The summed E-state index contributed by atoms with van der Waals surface area (Å²) in [5, 5.41) is 4.75. The van der Waals surface area contributed by atoms with Gasteiger partial charge in [-0.3, -0.25) is 19.9 Å². The molecule has 0 spiro atoms. The number of hydrogen-bond donors (Lipinski definition) is 0. The molecule has 0 bridgehead atoms. The van der Waals surface area contributed by atoms with Gasteiger partial charge in [-0.25, -0.2) is 0 Å². The van der Waals surface area contributed by atoms with E-state index >= 15 is 0 Å². The second-order valence-electron chi connectivity index (χ2n) is 10.0. The molecule has 9 rings (SSSR count). The maximum Gasteiger partial charge on any atom is 0.0979 e. The Kier molecular flexibility index (Phi) is 4.51. The molecule has 5 heterocycles. The van der Waals surface area contributed by atoms with E-state index in [4.69, 9.17) is 9.97 Å². The van der Waals surface area contributed by atoms with Crippen molar-refractivity contribution < 1.29 is 0 Å². The van der Waals surface area contributed by atoms with Gasteiger partial charge in [0.2, 0.25) is 0 Å². The van der Waals surface area contributed by atoms with Crippen LogP contribution in [0.1, 0.15) is 0 Å². The molecular formula is C33H19N5S2. The van der Waals surface area contributed by atoms with Crippen LogP contribution in [0.25, 0.3) is 84.9 Å². The molecule has 9 aromatic rings. The van der Waals surface area contributed by atoms with E-state index in [-0.39, 0.29) is 0 Å². The number of benzene rings is 4. The van der Waals surface area contributed by atoms with Gasteiger partial charge in [-0.2, -0.15) is 0 Å². The van der Waals surface area contributed by atoms with Gasteiger partial charge in [0.1, 0.15) is 0 Å². The lowest BCUT2D eigenvalue weighted by molar-refractivity contribution is 1.02. The molecular weight excluding hydrogens is 531 g/mol. The van der Waals surface area contributed by atoms with Crippen molar-refractivity contribution in [3.63, 3.8) is 0 Å². The predicted octanol–water partition coefficient (Wildman–Crippen LogP) is 8.98. The van der Waals surface area contributed by atoms with Crippen molar-refractivity contribution in [3.05, 3.63) is 97.6 Å². The topological polar surface area (TPSA) is 56.5 Å². The number of aryl methyl sites for hydroxylation is 1. The third kappa shape index (κ3) is 3.01. The summed E-state index contributed by atoms with van der Waals surface area (Å²) in [7, 11) is 2.17. The van der Waals surface area contributed by atoms with Crippen molar-refractivity contribution in [1.82, 2.24) is 24.5 Å². The average molecular weight is 550 g/mol. The molecule has 0 amide bonds. The van der Waals surface area contributed by atoms with Crippen LogP contribution >= 0.6 is 22.7 Å². The van der Waals surface area contributed by atoms with Crippen LogP contribution in [0.5, 0.6) is 0 Å². The Balaban J connectivity index is 1.33. The first-order valence-corrected chi connectivity index (χ1v) is 14.7. The first-order valence-electron chi connectivity index (χ1n) is 13.0. The molecule has 0 saturated carbocycles. The van der Waals surface area contributed by atoms with Crippen molar-refractivity contribution in [2.75, 3.05) is 0 Å². The summed E-state index contributed by atoms with van der Waals surface area (Å²) in [5.74, 6) is 0. The molecule has 0 N–H and O–H groups in total. The first kappa shape index (κ1) is 22.1. The van der Waals surface area contributed by atoms with Gasteiger partial charge in [0, 0.05) is 52.7 Å². The minimum absolute atomic E-state index is 0.918. The van der Waals surface area contributed by atoms with Gasteiger partial charge in [-0.05, 0) is 45.8 Å². The molecule has 4 aromatic carbocycles. The molecule has 0 saturated heterocycles. The van der Waals surface area contributed by atoms with E-state index in [0.29, 0.717) is 0 Å². The standard InChI is InChI=1S/C33H19N5S2/c1-38-24-16-26(28-20-8-4-2-6-18(20)14-22-30(28)36-12-10-34-22)39-32(24)33-25(38)17-27(40-33)29-21-9-5-3-7-19(21)15-23-31(29)37-13-11-35-23/h2-17H,1H3. The summed E-state index contributed by atoms with van der Waals surface area (Å²) in [4.78, 5) is 21.3. The summed E-state index contributed by atoms with van der Waals surface area (Å²) in [5.41, 5.74) is 8.50. The van der Waals surface area contributed by atoms with E-state index in [1.807, 2.05) is 22.7 Å². The van der Waals surface area contributed by atoms with Crippen LogP contribution in [0.2, 0.25) is 0 Å². The number of fused-ring (bicyclic) bond motifs is 7. The number of aromatic nitrogens is 5. The maximum absolute atomic E-state index is 4.78. The highest BCUT2D eigenvalue weighted by molar-refractivity contribution is 7.30. The van der Waals surface area contributed by atoms with Crippen LogP contribution in [0, 0.1) is 0 Å². The fraction of sp³-hybridized carbons (Fsp3) is 0.0303. The number of rotatable bonds is 2. The molecule has 5 aromatic heterocycles. The van der Waals surface area contributed by atoms with Gasteiger partial charge in [0.15, 0.2) is 0 Å². The first-order chi connectivity index (χ1) is 19.7. The highest BCUT2D eigenvalue weighted by Gasteiger charge is 2.21. The van der Waals surface area contributed by atoms with Gasteiger partial charge in [-0.15, -0.1) is 22.7 Å². The Morgan fingerprint density at radius 1 is 0.550 bits per heavy atom. The van der Waals surface area contributed by atoms with E-state index in [9.17, 15) is 0 Å². The average Bonchev–Trinajstić information content (AvgIpc) is 3.68. The van der Waals surface area contributed by atoms with Gasteiger partial charge >= 0.3 is 0 Å². The molecule has 0 atom stereocenters. The number of thiophene rings is 2. The lowest BCUT2D eigenvalue weighted by Crippen LogP contribution is -1.89. The highest BCUT2D eigenvalue weighted by Crippen LogP contribution is 2.48. The largest absolute Gasteiger partial charge is 0.342 e. The van der Waals surface area contributed by atoms with Gasteiger partial charge in [-0.1, -0.05) is 48.5 Å². The van der Waals surface area contributed by atoms with Gasteiger partial charge in [0.05, 0.1) is 42.5 Å². The quantitative estimate of drug-likeness (QED) is 0.202. The zero-order valence-electron chi connectivity index (χ0n) is 21.3. The minimum atomic E-state index is 0.918. The van der Waals surface area contributed by atoms with Crippen LogP contribution in [0.4, 0.5) is 0 Å². The lowest BCUT2D eigenvalue weighted by Gasteiger charge is -2.08. The lowest BCUT2D eigenvalue weighted by atomic mass is 10.0. The Labute approximate surface area is 236 Å². The Bertz CT molecular complexity index is 2190. The fourth-order valence-electron chi connectivity index (χ4n) is 6.01. The zero-order valence-corrected chi connectivity index (χ0v) is 22.9. The molecule has 0 aliphatic rings. The van der Waals surface area contributed by atoms with Crippen molar-refractivity contribution in [1.29, 1.82) is 0 Å². The molecule has 0 fully saturated rings. The Hall–Kier alpha value is -4.72. The van der Waals surface area contributed by atoms with Gasteiger partial charge < -0.3 is 4.57 Å². The van der Waals surface area contributed by atoms with E-state index < -0.39 is 0 Å². The van der Waals surface area contributed by atoms with Crippen LogP contribution < -0.4 is 0 Å². The summed E-state index contributed by atoms with van der Waals surface area (Å²) < 4.78 is 4.91. The summed E-state index contributed by atoms with van der Waals surface area (Å²) >= 11 is 3.68. The molecule has 40 heavy (non-hydrogen) atoms. The molecule has 5 nitrogen and oxygen atoms in total. The predicted molar refractivity (Wildman–Crippen MR) is 168 cm³/mol. The SMILES string of the molecule is Cn1c2cc(-c3c4ccccc4cc4nccnc34)sc2c2sc(-c3c4ccccc4cc4nccnc34)cc21. The van der Waals surface area contributed by atoms with E-state index in [2.05, 4.69) is 94.4 Å². The van der Waals surface area contributed by atoms with Crippen LogP contribution in [0.3, 0.4) is 0 Å². The molecule has 0 unspecified atom stereocenters. The Morgan fingerprint density at radius 2 is 1.00 bits per heavy atom. The summed E-state index contributed by atoms with van der Waals surface area (Å²) in [6.45, 7) is 0. The molecule has 7 heteroatoms. The third-order valence-corrected chi connectivity index (χ3v) is 10.3. The van der Waals surface area contributed by atoms with E-state index in [1.165, 1.54) is 51.7 Å². The zero-order chi connectivity index (χ0) is 26.4. The van der Waals surface area contributed by atoms with Crippen molar-refractivity contribution in [2.45, 2.75) is 0 Å². The normalized spacial score (nSPS) is 12.1. The molecule has 0 radical (unpaired) electrons. The fourth-order valence-corrected chi connectivity index (χ4v) is 8.65. The summed E-state index contributed by atoms with van der Waals surface area (Å²) in [6, 6.07) is 26.0. The second-order valence-corrected chi connectivity index (χ2v) is 12.1. The molecule has 0 aliphatic carbocycles. The number of hydrogen-bond acceptors (Lipinski definition) is 6. The van der Waals surface area contributed by atoms with Crippen molar-refractivity contribution >= 4 is 86.7 Å². The highest BCUT2D eigenvalue weighted by atomic mass is 32.1. The monoisotopic (exact) mass is 549 g/mol. The number of nitrogens with zero attached hydrogens (tertiary/aromatic N) is 5. The second kappa shape index (κ2) is 8.14. The van der Waals surface area contributed by atoms with Crippen molar-refractivity contribution in [3.8, 4) is 20.9 Å². The maximum atomic E-state index is 4.78. The summed E-state index contributed by atoms with van der Waals surface area (Å²) in [6.07, 6.45) is 7.11. The van der Waals surface area contributed by atoms with Crippen LogP contribution in [-0.2, 0) is 7.05 Å². The molecule has 188 valence electrons. The van der Waals surface area contributed by atoms with Crippen molar-refractivity contribution in [2.24, 2.45) is 7.05 Å². The Morgan fingerprint density at radius 3 is 1.50 bits per heavy atom. The smallest absolute Gasteiger partial charge is 0.0979 e. The third-order valence-electron chi connectivity index (χ3n) is 7.82. The van der Waals surface area contributed by atoms with Gasteiger partial charge in [0.25, 0.3) is 0 Å². The van der Waals surface area contributed by atoms with E-state index in [0.717, 1.165) is 33.2 Å². The minimum Gasteiger partial charge on any atom is -0.342 e. The van der Waals surface area contributed by atoms with E-state index in [1.54, 1.807) is 24.8 Å². The van der Waals surface area contributed by atoms with Crippen LogP contribution in [0.15, 0.2) is 97.6 Å². The molecule has 0 aliphatic heterocycles.